The molecular weight excluding hydrogens is 239 g/mol. The van der Waals surface area contributed by atoms with Crippen LogP contribution >= 0.6 is 0 Å². The number of para-hydroxylation sites is 1. The lowest BCUT2D eigenvalue weighted by Crippen LogP contribution is -2.32. The highest BCUT2D eigenvalue weighted by Crippen LogP contribution is 2.29. The van der Waals surface area contributed by atoms with Crippen molar-refractivity contribution in [1.82, 2.24) is 0 Å². The number of rotatable bonds is 3. The summed E-state index contributed by atoms with van der Waals surface area (Å²) in [6, 6.07) is 4.17. The number of anilines is 1. The highest BCUT2D eigenvalue weighted by atomic mass is 19.1. The molecule has 0 aromatic heterocycles. The Hall–Kier alpha value is -1.69. The van der Waals surface area contributed by atoms with Crippen LogP contribution in [0.1, 0.15) is 19.8 Å². The minimum Gasteiger partial charge on any atom is -0.378 e. The van der Waals surface area contributed by atoms with Gasteiger partial charge in [-0.15, -0.1) is 0 Å². The van der Waals surface area contributed by atoms with Crippen molar-refractivity contribution in [3.63, 3.8) is 0 Å². The first-order chi connectivity index (χ1) is 8.58. The molecule has 1 N–H and O–H groups in total. The zero-order valence-corrected chi connectivity index (χ0v) is 10.1. The molecule has 1 saturated heterocycles. The fraction of sp³-hybridized carbons (Fsp3) is 0.500. The van der Waals surface area contributed by atoms with Gasteiger partial charge in [0.2, 0.25) is 5.82 Å². The first-order valence-corrected chi connectivity index (χ1v) is 5.89. The maximum atomic E-state index is 13.4. The molecule has 2 rings (SSSR count). The minimum absolute atomic E-state index is 0.0780. The van der Waals surface area contributed by atoms with Gasteiger partial charge in [0.25, 0.3) is 0 Å². The summed E-state index contributed by atoms with van der Waals surface area (Å²) in [5, 5.41) is 13.9. The maximum absolute atomic E-state index is 13.4. The lowest BCUT2D eigenvalue weighted by atomic mass is 10.0. The predicted molar refractivity (Wildman–Crippen MR) is 65.1 cm³/mol. The van der Waals surface area contributed by atoms with Crippen LogP contribution in [0.4, 0.5) is 15.8 Å². The molecule has 0 radical (unpaired) electrons. The first-order valence-electron chi connectivity index (χ1n) is 5.89. The number of nitro benzene ring substituents is 1. The molecule has 1 fully saturated rings. The Morgan fingerprint density at radius 3 is 3.00 bits per heavy atom. The van der Waals surface area contributed by atoms with Crippen molar-refractivity contribution < 1.29 is 14.1 Å². The highest BCUT2D eigenvalue weighted by molar-refractivity contribution is 5.62. The molecular formula is C12H15FN2O3. The van der Waals surface area contributed by atoms with Gasteiger partial charge < -0.3 is 10.1 Å². The largest absolute Gasteiger partial charge is 0.378 e. The molecule has 0 amide bonds. The van der Waals surface area contributed by atoms with E-state index in [4.69, 9.17) is 4.74 Å². The highest BCUT2D eigenvalue weighted by Gasteiger charge is 2.24. The van der Waals surface area contributed by atoms with Gasteiger partial charge in [-0.1, -0.05) is 6.07 Å². The summed E-state index contributed by atoms with van der Waals surface area (Å²) in [5.41, 5.74) is -0.254. The van der Waals surface area contributed by atoms with Gasteiger partial charge in [-0.2, -0.15) is 4.39 Å². The molecule has 1 aromatic carbocycles. The Bertz CT molecular complexity index is 453. The van der Waals surface area contributed by atoms with Gasteiger partial charge in [-0.25, -0.2) is 0 Å². The summed E-state index contributed by atoms with van der Waals surface area (Å²) in [4.78, 5) is 10.2. The number of ether oxygens (including phenoxy) is 1. The molecule has 2 atom stereocenters. The number of hydrogen-bond donors (Lipinski definition) is 1. The molecule has 0 saturated carbocycles. The average Bonchev–Trinajstić information content (AvgIpc) is 2.28. The van der Waals surface area contributed by atoms with Crippen LogP contribution in [0.15, 0.2) is 18.2 Å². The van der Waals surface area contributed by atoms with Crippen molar-refractivity contribution in [2.24, 2.45) is 0 Å². The van der Waals surface area contributed by atoms with E-state index in [1.807, 2.05) is 6.92 Å². The third kappa shape index (κ3) is 2.76. The molecule has 0 spiro atoms. The summed E-state index contributed by atoms with van der Waals surface area (Å²) in [6.07, 6.45) is 1.63. The van der Waals surface area contributed by atoms with Gasteiger partial charge in [0.15, 0.2) is 0 Å². The van der Waals surface area contributed by atoms with Crippen LogP contribution in [-0.4, -0.2) is 23.7 Å². The van der Waals surface area contributed by atoms with Gasteiger partial charge in [0.1, 0.15) is 5.69 Å². The van der Waals surface area contributed by atoms with E-state index in [1.54, 1.807) is 0 Å². The Labute approximate surface area is 104 Å². The molecule has 0 bridgehead atoms. The van der Waals surface area contributed by atoms with Crippen LogP contribution in [0.3, 0.4) is 0 Å². The fourth-order valence-corrected chi connectivity index (χ4v) is 2.17. The van der Waals surface area contributed by atoms with E-state index in [-0.39, 0.29) is 17.8 Å². The van der Waals surface area contributed by atoms with Crippen molar-refractivity contribution in [3.8, 4) is 0 Å². The maximum Gasteiger partial charge on any atom is 0.327 e. The van der Waals surface area contributed by atoms with E-state index in [2.05, 4.69) is 5.32 Å². The number of halogens is 1. The number of nitrogens with zero attached hydrogens (tertiary/aromatic N) is 1. The second-order valence-corrected chi connectivity index (χ2v) is 4.44. The molecule has 18 heavy (non-hydrogen) atoms. The normalized spacial score (nSPS) is 23.7. The van der Waals surface area contributed by atoms with Crippen molar-refractivity contribution in [2.75, 3.05) is 11.9 Å². The Morgan fingerprint density at radius 1 is 1.56 bits per heavy atom. The molecule has 1 heterocycles. The Balaban J connectivity index is 2.18. The fourth-order valence-electron chi connectivity index (χ4n) is 2.17. The van der Waals surface area contributed by atoms with Crippen molar-refractivity contribution in [1.29, 1.82) is 0 Å². The molecule has 1 aliphatic heterocycles. The van der Waals surface area contributed by atoms with E-state index in [0.717, 1.165) is 18.9 Å². The van der Waals surface area contributed by atoms with E-state index >= 15 is 0 Å². The number of nitro groups is 1. The van der Waals surface area contributed by atoms with Crippen LogP contribution in [-0.2, 0) is 4.74 Å². The second-order valence-electron chi connectivity index (χ2n) is 4.44. The topological polar surface area (TPSA) is 64.4 Å². The monoisotopic (exact) mass is 254 g/mol. The molecule has 6 heteroatoms. The van der Waals surface area contributed by atoms with Crippen LogP contribution in [0.2, 0.25) is 0 Å². The van der Waals surface area contributed by atoms with E-state index in [9.17, 15) is 14.5 Å². The van der Waals surface area contributed by atoms with E-state index in [1.165, 1.54) is 12.1 Å². The molecule has 5 nitrogen and oxygen atoms in total. The van der Waals surface area contributed by atoms with Crippen LogP contribution < -0.4 is 5.32 Å². The van der Waals surface area contributed by atoms with Crippen LogP contribution in [0.25, 0.3) is 0 Å². The van der Waals surface area contributed by atoms with Gasteiger partial charge in [-0.3, -0.25) is 10.1 Å². The summed E-state index contributed by atoms with van der Waals surface area (Å²) in [6.45, 7) is 2.57. The quantitative estimate of drug-likeness (QED) is 0.665. The number of hydrogen-bond acceptors (Lipinski definition) is 4. The van der Waals surface area contributed by atoms with Gasteiger partial charge in [0.05, 0.1) is 11.0 Å². The van der Waals surface area contributed by atoms with Gasteiger partial charge >= 0.3 is 5.69 Å². The van der Waals surface area contributed by atoms with Crippen molar-refractivity contribution in [3.05, 3.63) is 34.1 Å². The van der Waals surface area contributed by atoms with E-state index in [0.29, 0.717) is 6.61 Å². The zero-order chi connectivity index (χ0) is 13.1. The number of nitrogens with one attached hydrogen (secondary N) is 1. The van der Waals surface area contributed by atoms with Crippen molar-refractivity contribution in [2.45, 2.75) is 31.9 Å². The van der Waals surface area contributed by atoms with Crippen molar-refractivity contribution >= 4 is 11.4 Å². The predicted octanol–water partition coefficient (Wildman–Crippen LogP) is 2.71. The minimum atomic E-state index is -0.815. The zero-order valence-electron chi connectivity index (χ0n) is 10.1. The summed E-state index contributed by atoms with van der Waals surface area (Å²) < 4.78 is 18.8. The Kier molecular flexibility index (Phi) is 3.76. The Morgan fingerprint density at radius 2 is 2.33 bits per heavy atom. The second kappa shape index (κ2) is 5.30. The lowest BCUT2D eigenvalue weighted by Gasteiger charge is -2.28. The first kappa shape index (κ1) is 12.8. The standard InChI is InChI=1S/C12H15FN2O3/c1-8-7-9(5-6-18-8)14-11-4-2-3-10(13)12(11)15(16)17/h2-4,8-9,14H,5-7H2,1H3. The lowest BCUT2D eigenvalue weighted by molar-refractivity contribution is -0.386. The van der Waals surface area contributed by atoms with Gasteiger partial charge in [0, 0.05) is 12.6 Å². The molecule has 2 unspecified atom stereocenters. The third-order valence-electron chi connectivity index (χ3n) is 3.01. The summed E-state index contributed by atoms with van der Waals surface area (Å²) in [7, 11) is 0. The van der Waals surface area contributed by atoms with Crippen LogP contribution in [0.5, 0.6) is 0 Å². The molecule has 0 aliphatic carbocycles. The average molecular weight is 254 g/mol. The summed E-state index contributed by atoms with van der Waals surface area (Å²) in [5.74, 6) is -0.815. The molecule has 1 aliphatic rings. The third-order valence-corrected chi connectivity index (χ3v) is 3.01. The molecule has 1 aromatic rings. The number of benzene rings is 1. The molecule has 98 valence electrons. The van der Waals surface area contributed by atoms with Gasteiger partial charge in [-0.05, 0) is 31.9 Å². The van der Waals surface area contributed by atoms with E-state index < -0.39 is 16.4 Å². The summed E-state index contributed by atoms with van der Waals surface area (Å²) >= 11 is 0. The van der Waals surface area contributed by atoms with Crippen LogP contribution in [0, 0.1) is 15.9 Å². The SMILES string of the molecule is CC1CC(Nc2cccc(F)c2[N+](=O)[O-])CCO1. The smallest absolute Gasteiger partial charge is 0.327 e.